The second kappa shape index (κ2) is 9.79. The average Bonchev–Trinajstić information content (AvgIpc) is 2.77. The molecule has 0 aliphatic rings. The van der Waals surface area contributed by atoms with Gasteiger partial charge in [0.05, 0.1) is 18.8 Å². The molecule has 0 N–H and O–H groups in total. The van der Waals surface area contributed by atoms with Crippen LogP contribution in [0.4, 0.5) is 4.39 Å². The first-order chi connectivity index (χ1) is 15.0. The number of hydrogen-bond acceptors (Lipinski definition) is 2. The van der Waals surface area contributed by atoms with Crippen LogP contribution in [-0.4, -0.2) is 0 Å². The fourth-order valence-electron chi connectivity index (χ4n) is 3.37. The molecule has 0 unspecified atom stereocenters. The Morgan fingerprint density at radius 1 is 0.935 bits per heavy atom. The highest BCUT2D eigenvalue weighted by atomic mass is 127. The van der Waals surface area contributed by atoms with Crippen molar-refractivity contribution in [2.24, 2.45) is 0 Å². The normalized spacial score (nSPS) is 11.4. The van der Waals surface area contributed by atoms with Gasteiger partial charge in [0.15, 0.2) is 0 Å². The van der Waals surface area contributed by atoms with Gasteiger partial charge in [-0.05, 0) is 103 Å². The summed E-state index contributed by atoms with van der Waals surface area (Å²) in [5, 5.41) is 11.9. The largest absolute Gasteiger partial charge is 0.487 e. The lowest BCUT2D eigenvalue weighted by Crippen LogP contribution is -2.00. The topological polar surface area (TPSA) is 33.0 Å². The molecule has 0 radical (unpaired) electrons. The zero-order chi connectivity index (χ0) is 21.8. The van der Waals surface area contributed by atoms with Gasteiger partial charge in [0.2, 0.25) is 0 Å². The molecule has 5 heteroatoms. The Labute approximate surface area is 207 Å². The summed E-state index contributed by atoms with van der Waals surface area (Å²) in [5.41, 5.74) is 2.97. The molecule has 0 atom stereocenters. The van der Waals surface area contributed by atoms with Crippen LogP contribution in [0.1, 0.15) is 16.7 Å². The quantitative estimate of drug-likeness (QED) is 0.128. The van der Waals surface area contributed by atoms with Crippen molar-refractivity contribution in [1.29, 1.82) is 5.26 Å². The summed E-state index contributed by atoms with van der Waals surface area (Å²) in [5.74, 6) is 0.454. The van der Waals surface area contributed by atoms with E-state index in [9.17, 15) is 9.65 Å². The number of nitrogens with zero attached hydrogens (tertiary/aromatic N) is 1. The van der Waals surface area contributed by atoms with E-state index in [0.717, 1.165) is 24.0 Å². The number of halogens is 3. The average molecular weight is 631 g/mol. The number of fused-ring (bicyclic) bond motifs is 1. The van der Waals surface area contributed by atoms with Crippen LogP contribution in [0.2, 0.25) is 0 Å². The van der Waals surface area contributed by atoms with Gasteiger partial charge in [0.25, 0.3) is 0 Å². The molecule has 0 spiro atoms. The molecule has 0 amide bonds. The third kappa shape index (κ3) is 5.08. The van der Waals surface area contributed by atoms with E-state index in [1.165, 1.54) is 22.9 Å². The molecular weight excluding hydrogens is 615 g/mol. The third-order valence-corrected chi connectivity index (χ3v) is 6.44. The SMILES string of the molecule is N#C/C(=C/c1cc(I)c(OCc2cccc3ccccc23)c(I)c1)c1cccc(F)c1. The van der Waals surface area contributed by atoms with Gasteiger partial charge in [-0.25, -0.2) is 4.39 Å². The summed E-state index contributed by atoms with van der Waals surface area (Å²) in [6, 6.07) is 26.7. The summed E-state index contributed by atoms with van der Waals surface area (Å²) in [4.78, 5) is 0. The van der Waals surface area contributed by atoms with Gasteiger partial charge in [0.1, 0.15) is 18.2 Å². The number of benzene rings is 4. The maximum absolute atomic E-state index is 13.6. The Balaban J connectivity index is 1.61. The molecule has 0 bridgehead atoms. The van der Waals surface area contributed by atoms with Gasteiger partial charge in [-0.3, -0.25) is 0 Å². The standard InChI is InChI=1S/C26H16FI2NO/c27-22-9-4-7-19(14-22)21(15-30)11-17-12-24(28)26(25(29)13-17)31-16-20-8-3-6-18-5-1-2-10-23(18)20/h1-14H,16H2/b21-11-. The molecule has 4 rings (SSSR count). The van der Waals surface area contributed by atoms with Crippen molar-refractivity contribution in [3.8, 4) is 11.8 Å². The number of hydrogen-bond donors (Lipinski definition) is 0. The number of rotatable bonds is 5. The predicted octanol–water partition coefficient (Wildman–Crippen LogP) is 7.83. The molecule has 4 aromatic carbocycles. The maximum Gasteiger partial charge on any atom is 0.146 e. The fourth-order valence-corrected chi connectivity index (χ4v) is 5.50. The Morgan fingerprint density at radius 2 is 1.65 bits per heavy atom. The van der Waals surface area contributed by atoms with E-state index < -0.39 is 0 Å². The van der Waals surface area contributed by atoms with Crippen molar-refractivity contribution >= 4 is 67.6 Å². The van der Waals surface area contributed by atoms with Crippen molar-refractivity contribution in [2.45, 2.75) is 6.61 Å². The second-order valence-corrected chi connectivity index (χ2v) is 9.25. The van der Waals surface area contributed by atoms with Gasteiger partial charge in [0, 0.05) is 0 Å². The van der Waals surface area contributed by atoms with Crippen molar-refractivity contribution in [1.82, 2.24) is 0 Å². The monoisotopic (exact) mass is 631 g/mol. The highest BCUT2D eigenvalue weighted by Crippen LogP contribution is 2.32. The Hall–Kier alpha value is -2.44. The number of nitriles is 1. The zero-order valence-electron chi connectivity index (χ0n) is 16.3. The van der Waals surface area contributed by atoms with E-state index in [2.05, 4.69) is 75.5 Å². The van der Waals surface area contributed by atoms with Crippen LogP contribution in [0.5, 0.6) is 5.75 Å². The van der Waals surface area contributed by atoms with E-state index in [4.69, 9.17) is 4.74 Å². The first-order valence-electron chi connectivity index (χ1n) is 9.51. The van der Waals surface area contributed by atoms with E-state index in [0.29, 0.717) is 17.7 Å². The van der Waals surface area contributed by atoms with Crippen LogP contribution in [0.25, 0.3) is 22.4 Å². The molecular formula is C26H16FI2NO. The van der Waals surface area contributed by atoms with Crippen LogP contribution in [0.3, 0.4) is 0 Å². The highest BCUT2D eigenvalue weighted by molar-refractivity contribution is 14.1. The minimum atomic E-state index is -0.361. The molecule has 0 saturated carbocycles. The molecule has 0 aliphatic heterocycles. The summed E-state index contributed by atoms with van der Waals surface area (Å²) in [6.07, 6.45) is 1.77. The minimum Gasteiger partial charge on any atom is -0.487 e. The first kappa shape index (κ1) is 21.8. The molecule has 0 heterocycles. The Bertz CT molecular complexity index is 1310. The molecule has 0 aliphatic carbocycles. The zero-order valence-corrected chi connectivity index (χ0v) is 20.6. The lowest BCUT2D eigenvalue weighted by Gasteiger charge is -2.13. The summed E-state index contributed by atoms with van der Waals surface area (Å²) < 4.78 is 21.7. The van der Waals surface area contributed by atoms with Gasteiger partial charge in [-0.2, -0.15) is 5.26 Å². The van der Waals surface area contributed by atoms with Crippen LogP contribution >= 0.6 is 45.2 Å². The van der Waals surface area contributed by atoms with E-state index in [1.807, 2.05) is 30.3 Å². The highest BCUT2D eigenvalue weighted by Gasteiger charge is 2.11. The van der Waals surface area contributed by atoms with Crippen LogP contribution in [0.15, 0.2) is 78.9 Å². The second-order valence-electron chi connectivity index (χ2n) is 6.92. The maximum atomic E-state index is 13.6. The fraction of sp³-hybridized carbons (Fsp3) is 0.0385. The number of allylic oxidation sites excluding steroid dienone is 1. The first-order valence-corrected chi connectivity index (χ1v) is 11.7. The predicted molar refractivity (Wildman–Crippen MR) is 140 cm³/mol. The van der Waals surface area contributed by atoms with Crippen molar-refractivity contribution < 1.29 is 9.13 Å². The van der Waals surface area contributed by atoms with Crippen LogP contribution in [-0.2, 0) is 6.61 Å². The Morgan fingerprint density at radius 3 is 2.39 bits per heavy atom. The van der Waals surface area contributed by atoms with E-state index >= 15 is 0 Å². The minimum absolute atomic E-state index is 0.361. The van der Waals surface area contributed by atoms with Gasteiger partial charge in [-0.15, -0.1) is 0 Å². The van der Waals surface area contributed by atoms with Crippen LogP contribution < -0.4 is 4.74 Å². The van der Waals surface area contributed by atoms with Gasteiger partial charge >= 0.3 is 0 Å². The van der Waals surface area contributed by atoms with Gasteiger partial charge < -0.3 is 4.74 Å². The molecule has 4 aromatic rings. The van der Waals surface area contributed by atoms with Gasteiger partial charge in [-0.1, -0.05) is 54.6 Å². The third-order valence-electron chi connectivity index (χ3n) is 4.84. The van der Waals surface area contributed by atoms with E-state index in [-0.39, 0.29) is 5.82 Å². The molecule has 152 valence electrons. The number of ether oxygens (including phenoxy) is 1. The molecule has 0 saturated heterocycles. The molecule has 31 heavy (non-hydrogen) atoms. The molecule has 0 fully saturated rings. The summed E-state index contributed by atoms with van der Waals surface area (Å²) in [7, 11) is 0. The summed E-state index contributed by atoms with van der Waals surface area (Å²) >= 11 is 4.50. The van der Waals surface area contributed by atoms with Crippen molar-refractivity contribution in [3.63, 3.8) is 0 Å². The molecule has 0 aromatic heterocycles. The lowest BCUT2D eigenvalue weighted by atomic mass is 10.0. The summed E-state index contributed by atoms with van der Waals surface area (Å²) in [6.45, 7) is 0.468. The lowest BCUT2D eigenvalue weighted by molar-refractivity contribution is 0.303. The van der Waals surface area contributed by atoms with Crippen molar-refractivity contribution in [3.05, 3.63) is 109 Å². The van der Waals surface area contributed by atoms with E-state index in [1.54, 1.807) is 18.2 Å². The molecule has 2 nitrogen and oxygen atoms in total. The van der Waals surface area contributed by atoms with Crippen LogP contribution in [0, 0.1) is 24.3 Å². The van der Waals surface area contributed by atoms with Crippen molar-refractivity contribution in [2.75, 3.05) is 0 Å². The smallest absolute Gasteiger partial charge is 0.146 e. The Kier molecular flexibility index (Phi) is 6.88.